The number of thioether (sulfide) groups is 1. The van der Waals surface area contributed by atoms with Gasteiger partial charge in [-0.05, 0) is 20.3 Å². The zero-order valence-electron chi connectivity index (χ0n) is 11.7. The average Bonchev–Trinajstić information content (AvgIpc) is 3.02. The van der Waals surface area contributed by atoms with Crippen molar-refractivity contribution in [3.8, 4) is 0 Å². The Bertz CT molecular complexity index is 607. The SMILES string of the molecule is CCc1cnc(C(C)n2c(C)cnc2SCC(=O)O)s1. The number of imidazole rings is 1. The van der Waals surface area contributed by atoms with Crippen LogP contribution in [-0.4, -0.2) is 31.4 Å². The number of hydrogen-bond donors (Lipinski definition) is 1. The van der Waals surface area contributed by atoms with Crippen LogP contribution in [0.5, 0.6) is 0 Å². The number of thiazole rings is 1. The van der Waals surface area contributed by atoms with Gasteiger partial charge in [0.25, 0.3) is 0 Å². The van der Waals surface area contributed by atoms with Crippen molar-refractivity contribution in [2.24, 2.45) is 0 Å². The minimum atomic E-state index is -0.836. The van der Waals surface area contributed by atoms with E-state index in [0.717, 1.165) is 22.3 Å². The van der Waals surface area contributed by atoms with Gasteiger partial charge in [0.2, 0.25) is 0 Å². The highest BCUT2D eigenvalue weighted by molar-refractivity contribution is 7.99. The summed E-state index contributed by atoms with van der Waals surface area (Å²) in [6.07, 6.45) is 4.66. The number of aromatic nitrogens is 3. The smallest absolute Gasteiger partial charge is 0.313 e. The minimum absolute atomic E-state index is 0.0151. The summed E-state index contributed by atoms with van der Waals surface area (Å²) in [5.74, 6) is -0.821. The highest BCUT2D eigenvalue weighted by Gasteiger charge is 2.18. The van der Waals surface area contributed by atoms with E-state index < -0.39 is 5.97 Å². The Morgan fingerprint density at radius 1 is 1.50 bits per heavy atom. The molecule has 1 unspecified atom stereocenters. The fraction of sp³-hybridized carbons (Fsp3) is 0.462. The average molecular weight is 311 g/mol. The summed E-state index contributed by atoms with van der Waals surface area (Å²) < 4.78 is 2.05. The summed E-state index contributed by atoms with van der Waals surface area (Å²) >= 11 is 2.94. The van der Waals surface area contributed by atoms with Crippen LogP contribution >= 0.6 is 23.1 Å². The molecule has 1 N–H and O–H groups in total. The third kappa shape index (κ3) is 3.21. The topological polar surface area (TPSA) is 68.0 Å². The molecule has 2 rings (SSSR count). The lowest BCUT2D eigenvalue weighted by Crippen LogP contribution is -2.10. The number of nitrogens with zero attached hydrogens (tertiary/aromatic N) is 3. The van der Waals surface area contributed by atoms with E-state index in [-0.39, 0.29) is 11.8 Å². The van der Waals surface area contributed by atoms with Gasteiger partial charge >= 0.3 is 5.97 Å². The second-order valence-corrected chi connectivity index (χ2v) is 6.52. The monoisotopic (exact) mass is 311 g/mol. The van der Waals surface area contributed by atoms with E-state index in [4.69, 9.17) is 5.11 Å². The van der Waals surface area contributed by atoms with Crippen molar-refractivity contribution in [2.75, 3.05) is 5.75 Å². The lowest BCUT2D eigenvalue weighted by Gasteiger charge is -2.15. The molecule has 0 aliphatic rings. The van der Waals surface area contributed by atoms with Crippen LogP contribution in [0.15, 0.2) is 17.6 Å². The van der Waals surface area contributed by atoms with E-state index in [1.807, 2.05) is 17.7 Å². The first-order chi connectivity index (χ1) is 9.52. The van der Waals surface area contributed by atoms with Gasteiger partial charge in [-0.1, -0.05) is 18.7 Å². The van der Waals surface area contributed by atoms with Crippen LogP contribution in [0.25, 0.3) is 0 Å². The summed E-state index contributed by atoms with van der Waals surface area (Å²) in [4.78, 5) is 20.7. The molecule has 2 heterocycles. The van der Waals surface area contributed by atoms with Crippen LogP contribution in [0.4, 0.5) is 0 Å². The largest absolute Gasteiger partial charge is 0.481 e. The molecule has 0 spiro atoms. The summed E-state index contributed by atoms with van der Waals surface area (Å²) in [6, 6.07) is 0.0686. The molecular weight excluding hydrogens is 294 g/mol. The molecule has 108 valence electrons. The molecule has 0 bridgehead atoms. The molecule has 0 aliphatic carbocycles. The number of aliphatic carboxylic acids is 1. The van der Waals surface area contributed by atoms with E-state index in [0.29, 0.717) is 0 Å². The number of rotatable bonds is 6. The molecule has 0 saturated carbocycles. The molecule has 20 heavy (non-hydrogen) atoms. The quantitative estimate of drug-likeness (QED) is 0.831. The number of aryl methyl sites for hydroxylation is 2. The normalized spacial score (nSPS) is 12.6. The first-order valence-electron chi connectivity index (χ1n) is 6.36. The Labute approximate surface area is 126 Å². The number of carboxylic acid groups (broad SMARTS) is 1. The molecule has 0 aromatic carbocycles. The van der Waals surface area contributed by atoms with Crippen LogP contribution in [0.2, 0.25) is 0 Å². The third-order valence-electron chi connectivity index (χ3n) is 2.94. The second kappa shape index (κ2) is 6.41. The van der Waals surface area contributed by atoms with Crippen LogP contribution in [0.1, 0.15) is 35.5 Å². The maximum absolute atomic E-state index is 10.7. The summed E-state index contributed by atoms with van der Waals surface area (Å²) in [6.45, 7) is 6.15. The Hall–Kier alpha value is -1.34. The van der Waals surface area contributed by atoms with E-state index in [1.54, 1.807) is 17.5 Å². The summed E-state index contributed by atoms with van der Waals surface area (Å²) in [5.41, 5.74) is 1.01. The van der Waals surface area contributed by atoms with E-state index in [9.17, 15) is 4.79 Å². The van der Waals surface area contributed by atoms with Crippen molar-refractivity contribution in [3.05, 3.63) is 28.0 Å². The van der Waals surface area contributed by atoms with Crippen LogP contribution < -0.4 is 0 Å². The van der Waals surface area contributed by atoms with Gasteiger partial charge in [0.05, 0.1) is 11.8 Å². The van der Waals surface area contributed by atoms with Crippen molar-refractivity contribution in [2.45, 2.75) is 38.4 Å². The van der Waals surface area contributed by atoms with Crippen molar-refractivity contribution in [1.82, 2.24) is 14.5 Å². The van der Waals surface area contributed by atoms with Gasteiger partial charge in [0.15, 0.2) is 5.16 Å². The van der Waals surface area contributed by atoms with Gasteiger partial charge in [-0.25, -0.2) is 9.97 Å². The van der Waals surface area contributed by atoms with Gasteiger partial charge in [0, 0.05) is 23.0 Å². The van der Waals surface area contributed by atoms with Crippen LogP contribution in [-0.2, 0) is 11.2 Å². The molecule has 0 fully saturated rings. The fourth-order valence-electron chi connectivity index (χ4n) is 1.92. The Morgan fingerprint density at radius 3 is 2.85 bits per heavy atom. The van der Waals surface area contributed by atoms with Crippen molar-refractivity contribution in [1.29, 1.82) is 0 Å². The number of hydrogen-bond acceptors (Lipinski definition) is 5. The maximum atomic E-state index is 10.7. The molecule has 5 nitrogen and oxygen atoms in total. The van der Waals surface area contributed by atoms with Gasteiger partial charge in [-0.2, -0.15) is 0 Å². The van der Waals surface area contributed by atoms with E-state index >= 15 is 0 Å². The van der Waals surface area contributed by atoms with Crippen molar-refractivity contribution < 1.29 is 9.90 Å². The Morgan fingerprint density at radius 2 is 2.25 bits per heavy atom. The van der Waals surface area contributed by atoms with E-state index in [1.165, 1.54) is 16.6 Å². The first kappa shape index (κ1) is 15.1. The van der Waals surface area contributed by atoms with Crippen molar-refractivity contribution in [3.63, 3.8) is 0 Å². The molecular formula is C13H17N3O2S2. The molecule has 0 saturated heterocycles. The summed E-state index contributed by atoms with van der Waals surface area (Å²) in [5, 5.41) is 10.6. The van der Waals surface area contributed by atoms with Gasteiger partial charge in [-0.3, -0.25) is 4.79 Å². The lowest BCUT2D eigenvalue weighted by molar-refractivity contribution is -0.133. The Kier molecular flexibility index (Phi) is 4.82. The minimum Gasteiger partial charge on any atom is -0.481 e. The van der Waals surface area contributed by atoms with Crippen LogP contribution in [0, 0.1) is 6.92 Å². The second-order valence-electron chi connectivity index (χ2n) is 4.43. The summed E-state index contributed by atoms with van der Waals surface area (Å²) in [7, 11) is 0. The molecule has 0 aliphatic heterocycles. The van der Waals surface area contributed by atoms with Gasteiger partial charge in [-0.15, -0.1) is 11.3 Å². The first-order valence-corrected chi connectivity index (χ1v) is 8.16. The number of carboxylic acids is 1. The molecule has 1 atom stereocenters. The van der Waals surface area contributed by atoms with Crippen LogP contribution in [0.3, 0.4) is 0 Å². The standard InChI is InChI=1S/C13H17N3O2S2/c1-4-10-6-14-12(20-10)9(3)16-8(2)5-15-13(16)19-7-11(17)18/h5-6,9H,4,7H2,1-3H3,(H,17,18). The van der Waals surface area contributed by atoms with Gasteiger partial charge < -0.3 is 9.67 Å². The molecule has 0 radical (unpaired) electrons. The molecule has 0 amide bonds. The Balaban J connectivity index is 2.26. The number of carbonyl (C=O) groups is 1. The van der Waals surface area contributed by atoms with Gasteiger partial charge in [0.1, 0.15) is 5.01 Å². The third-order valence-corrected chi connectivity index (χ3v) is 5.20. The predicted octanol–water partition coefficient (Wildman–Crippen LogP) is 3.00. The molecule has 7 heteroatoms. The highest BCUT2D eigenvalue weighted by Crippen LogP contribution is 2.29. The predicted molar refractivity (Wildman–Crippen MR) is 80.6 cm³/mol. The maximum Gasteiger partial charge on any atom is 0.313 e. The zero-order valence-corrected chi connectivity index (χ0v) is 13.3. The zero-order chi connectivity index (χ0) is 14.7. The lowest BCUT2D eigenvalue weighted by atomic mass is 10.3. The molecule has 2 aromatic rings. The highest BCUT2D eigenvalue weighted by atomic mass is 32.2. The van der Waals surface area contributed by atoms with Crippen molar-refractivity contribution >= 4 is 29.1 Å². The molecule has 2 aromatic heterocycles. The van der Waals surface area contributed by atoms with E-state index in [2.05, 4.69) is 23.8 Å². The fourth-order valence-corrected chi connectivity index (χ4v) is 3.64.